The van der Waals surface area contributed by atoms with E-state index in [1.54, 1.807) is 0 Å². The zero-order valence-electron chi connectivity index (χ0n) is 13.1. The first-order valence-electron chi connectivity index (χ1n) is 7.18. The quantitative estimate of drug-likeness (QED) is 0.856. The Morgan fingerprint density at radius 2 is 1.55 bits per heavy atom. The van der Waals surface area contributed by atoms with Gasteiger partial charge in [-0.1, -0.05) is 48.0 Å². The number of amides is 2. The van der Waals surface area contributed by atoms with Crippen molar-refractivity contribution < 1.29 is 9.59 Å². The molecule has 2 aromatic carbocycles. The van der Waals surface area contributed by atoms with Gasteiger partial charge in [-0.15, -0.1) is 0 Å². The first-order chi connectivity index (χ1) is 10.5. The summed E-state index contributed by atoms with van der Waals surface area (Å²) in [5, 5.41) is 5.31. The van der Waals surface area contributed by atoms with Crippen LogP contribution in [0, 0.1) is 20.8 Å². The van der Waals surface area contributed by atoms with Crippen molar-refractivity contribution in [3.63, 3.8) is 0 Å². The number of anilines is 1. The summed E-state index contributed by atoms with van der Waals surface area (Å²) in [5.74, 6) is -1.28. The number of carbonyl (C=O) groups is 2. The fourth-order valence-electron chi connectivity index (χ4n) is 2.27. The van der Waals surface area contributed by atoms with Crippen molar-refractivity contribution in [2.75, 3.05) is 5.32 Å². The molecule has 2 N–H and O–H groups in total. The molecule has 2 rings (SSSR count). The van der Waals surface area contributed by atoms with Crippen LogP contribution in [0.15, 0.2) is 42.5 Å². The van der Waals surface area contributed by atoms with E-state index in [1.807, 2.05) is 63.2 Å². The average molecular weight is 296 g/mol. The van der Waals surface area contributed by atoms with E-state index in [2.05, 4.69) is 10.6 Å². The van der Waals surface area contributed by atoms with Crippen LogP contribution in [0.2, 0.25) is 0 Å². The molecule has 0 bridgehead atoms. The Hall–Kier alpha value is -2.62. The van der Waals surface area contributed by atoms with Crippen molar-refractivity contribution >= 4 is 17.5 Å². The van der Waals surface area contributed by atoms with Crippen LogP contribution in [0.25, 0.3) is 0 Å². The van der Waals surface area contributed by atoms with Crippen LogP contribution in [0.1, 0.15) is 22.3 Å². The molecule has 0 heterocycles. The van der Waals surface area contributed by atoms with E-state index < -0.39 is 11.8 Å². The second kappa shape index (κ2) is 6.89. The molecule has 2 amide bonds. The lowest BCUT2D eigenvalue weighted by Crippen LogP contribution is -2.35. The van der Waals surface area contributed by atoms with Crippen molar-refractivity contribution in [1.82, 2.24) is 5.32 Å². The third kappa shape index (κ3) is 3.95. The topological polar surface area (TPSA) is 58.2 Å². The maximum atomic E-state index is 12.0. The minimum atomic E-state index is -0.648. The van der Waals surface area contributed by atoms with E-state index in [0.717, 1.165) is 22.3 Å². The monoisotopic (exact) mass is 296 g/mol. The molecule has 0 aliphatic heterocycles. The lowest BCUT2D eigenvalue weighted by molar-refractivity contribution is -0.136. The molecule has 0 aliphatic carbocycles. The SMILES string of the molecule is Cc1cccc(CNC(=O)C(=O)Nc2c(C)cccc2C)c1. The number of carbonyl (C=O) groups excluding carboxylic acids is 2. The number of nitrogens with one attached hydrogen (secondary N) is 2. The molecule has 4 nitrogen and oxygen atoms in total. The van der Waals surface area contributed by atoms with Crippen LogP contribution in [-0.4, -0.2) is 11.8 Å². The summed E-state index contributed by atoms with van der Waals surface area (Å²) in [4.78, 5) is 23.9. The smallest absolute Gasteiger partial charge is 0.313 e. The minimum Gasteiger partial charge on any atom is -0.344 e. The van der Waals surface area contributed by atoms with Gasteiger partial charge in [0.1, 0.15) is 0 Å². The zero-order chi connectivity index (χ0) is 16.1. The van der Waals surface area contributed by atoms with Crippen molar-refractivity contribution in [1.29, 1.82) is 0 Å². The predicted octanol–water partition coefficient (Wildman–Crippen LogP) is 2.87. The lowest BCUT2D eigenvalue weighted by Gasteiger charge is -2.11. The number of hydrogen-bond donors (Lipinski definition) is 2. The maximum absolute atomic E-state index is 12.0. The normalized spacial score (nSPS) is 10.1. The van der Waals surface area contributed by atoms with Crippen LogP contribution in [0.5, 0.6) is 0 Å². The fraction of sp³-hybridized carbons (Fsp3) is 0.222. The number of rotatable bonds is 3. The molecular weight excluding hydrogens is 276 g/mol. The van der Waals surface area contributed by atoms with E-state index in [9.17, 15) is 9.59 Å². The van der Waals surface area contributed by atoms with E-state index in [-0.39, 0.29) is 0 Å². The number of aryl methyl sites for hydroxylation is 3. The van der Waals surface area contributed by atoms with E-state index in [1.165, 1.54) is 0 Å². The Morgan fingerprint density at radius 1 is 0.909 bits per heavy atom. The predicted molar refractivity (Wildman–Crippen MR) is 87.6 cm³/mol. The molecule has 0 fully saturated rings. The Bertz CT molecular complexity index is 688. The van der Waals surface area contributed by atoms with Gasteiger partial charge in [0, 0.05) is 12.2 Å². The van der Waals surface area contributed by atoms with Gasteiger partial charge < -0.3 is 10.6 Å². The summed E-state index contributed by atoms with van der Waals surface area (Å²) < 4.78 is 0. The van der Waals surface area contributed by atoms with Gasteiger partial charge in [-0.3, -0.25) is 9.59 Å². The van der Waals surface area contributed by atoms with Gasteiger partial charge in [0.25, 0.3) is 0 Å². The molecule has 0 radical (unpaired) electrons. The Kier molecular flexibility index (Phi) is 4.94. The summed E-state index contributed by atoms with van der Waals surface area (Å²) in [7, 11) is 0. The highest BCUT2D eigenvalue weighted by Gasteiger charge is 2.15. The first-order valence-corrected chi connectivity index (χ1v) is 7.18. The molecule has 22 heavy (non-hydrogen) atoms. The van der Waals surface area contributed by atoms with Gasteiger partial charge in [0.05, 0.1) is 0 Å². The summed E-state index contributed by atoms with van der Waals surface area (Å²) in [6.07, 6.45) is 0. The Labute approximate surface area is 130 Å². The van der Waals surface area contributed by atoms with Crippen molar-refractivity contribution in [3.8, 4) is 0 Å². The van der Waals surface area contributed by atoms with Crippen LogP contribution in [0.4, 0.5) is 5.69 Å². The molecule has 4 heteroatoms. The van der Waals surface area contributed by atoms with Gasteiger partial charge in [-0.2, -0.15) is 0 Å². The van der Waals surface area contributed by atoms with Crippen LogP contribution >= 0.6 is 0 Å². The molecule has 114 valence electrons. The molecule has 0 atom stereocenters. The molecule has 0 saturated heterocycles. The van der Waals surface area contributed by atoms with Gasteiger partial charge in [-0.25, -0.2) is 0 Å². The molecular formula is C18H20N2O2. The zero-order valence-corrected chi connectivity index (χ0v) is 13.1. The van der Waals surface area contributed by atoms with Crippen molar-refractivity contribution in [3.05, 3.63) is 64.7 Å². The van der Waals surface area contributed by atoms with Crippen molar-refractivity contribution in [2.24, 2.45) is 0 Å². The minimum absolute atomic E-state index is 0.334. The highest BCUT2D eigenvalue weighted by Crippen LogP contribution is 2.19. The molecule has 0 saturated carbocycles. The molecule has 0 aromatic heterocycles. The van der Waals surface area contributed by atoms with Gasteiger partial charge >= 0.3 is 11.8 Å². The van der Waals surface area contributed by atoms with Gasteiger partial charge in [0.15, 0.2) is 0 Å². The van der Waals surface area contributed by atoms with Crippen LogP contribution < -0.4 is 10.6 Å². The van der Waals surface area contributed by atoms with E-state index in [0.29, 0.717) is 12.2 Å². The van der Waals surface area contributed by atoms with E-state index in [4.69, 9.17) is 0 Å². The van der Waals surface area contributed by atoms with E-state index >= 15 is 0 Å². The lowest BCUT2D eigenvalue weighted by atomic mass is 10.1. The average Bonchev–Trinajstić information content (AvgIpc) is 2.48. The van der Waals surface area contributed by atoms with Crippen LogP contribution in [0.3, 0.4) is 0 Å². The molecule has 0 aliphatic rings. The molecule has 2 aromatic rings. The number of para-hydroxylation sites is 1. The maximum Gasteiger partial charge on any atom is 0.313 e. The van der Waals surface area contributed by atoms with Gasteiger partial charge in [-0.05, 0) is 37.5 Å². The molecule has 0 spiro atoms. The third-order valence-electron chi connectivity index (χ3n) is 3.46. The number of hydrogen-bond acceptors (Lipinski definition) is 2. The summed E-state index contributed by atoms with van der Waals surface area (Å²) in [6, 6.07) is 13.5. The summed E-state index contributed by atoms with van der Waals surface area (Å²) in [5.41, 5.74) is 4.64. The summed E-state index contributed by atoms with van der Waals surface area (Å²) >= 11 is 0. The second-order valence-electron chi connectivity index (χ2n) is 5.39. The largest absolute Gasteiger partial charge is 0.344 e. The molecule has 0 unspecified atom stereocenters. The highest BCUT2D eigenvalue weighted by atomic mass is 16.2. The van der Waals surface area contributed by atoms with Crippen LogP contribution in [-0.2, 0) is 16.1 Å². The highest BCUT2D eigenvalue weighted by molar-refractivity contribution is 6.39. The first kappa shape index (κ1) is 15.8. The third-order valence-corrected chi connectivity index (χ3v) is 3.46. The Morgan fingerprint density at radius 3 is 2.18 bits per heavy atom. The summed E-state index contributed by atoms with van der Waals surface area (Å²) in [6.45, 7) is 6.11. The van der Waals surface area contributed by atoms with Gasteiger partial charge in [0.2, 0.25) is 0 Å². The Balaban J connectivity index is 1.97. The standard InChI is InChI=1S/C18H20N2O2/c1-12-6-4-9-15(10-12)11-19-17(21)18(22)20-16-13(2)7-5-8-14(16)3/h4-10H,11H2,1-3H3,(H,19,21)(H,20,22). The number of benzene rings is 2. The fourth-order valence-corrected chi connectivity index (χ4v) is 2.27. The van der Waals surface area contributed by atoms with Crippen molar-refractivity contribution in [2.45, 2.75) is 27.3 Å². The second-order valence-corrected chi connectivity index (χ2v) is 5.39.